The third-order valence-electron chi connectivity index (χ3n) is 6.18. The monoisotopic (exact) mass is 473 g/mol. The van der Waals surface area contributed by atoms with E-state index in [1.54, 1.807) is 43.4 Å². The van der Waals surface area contributed by atoms with E-state index in [0.717, 1.165) is 42.0 Å². The van der Waals surface area contributed by atoms with Crippen molar-refractivity contribution in [2.75, 3.05) is 37.5 Å². The first-order chi connectivity index (χ1) is 17.1. The highest BCUT2D eigenvalue weighted by molar-refractivity contribution is 6.02. The number of aryl methyl sites for hydroxylation is 1. The zero-order valence-electron chi connectivity index (χ0n) is 20.2. The lowest BCUT2D eigenvalue weighted by Gasteiger charge is -2.23. The number of carbonyl (C=O) groups is 2. The molecule has 0 bridgehead atoms. The Morgan fingerprint density at radius 2 is 1.74 bits per heavy atom. The molecule has 0 aliphatic carbocycles. The molecular formula is C28H31N3O4. The molecule has 4 rings (SSSR count). The van der Waals surface area contributed by atoms with Crippen molar-refractivity contribution in [2.45, 2.75) is 25.7 Å². The van der Waals surface area contributed by atoms with E-state index in [9.17, 15) is 9.59 Å². The number of amides is 3. The van der Waals surface area contributed by atoms with Gasteiger partial charge in [0.05, 0.1) is 14.2 Å². The molecule has 0 radical (unpaired) electrons. The maximum Gasteiger partial charge on any atom is 0.326 e. The lowest BCUT2D eigenvalue weighted by Crippen LogP contribution is -2.35. The molecule has 1 aliphatic heterocycles. The average Bonchev–Trinajstić information content (AvgIpc) is 3.12. The van der Waals surface area contributed by atoms with Gasteiger partial charge in [0, 0.05) is 36.1 Å². The highest BCUT2D eigenvalue weighted by atomic mass is 16.5. The van der Waals surface area contributed by atoms with Gasteiger partial charge in [0.15, 0.2) is 0 Å². The molecule has 3 amide bonds. The first-order valence-corrected chi connectivity index (χ1v) is 11.8. The van der Waals surface area contributed by atoms with E-state index in [-0.39, 0.29) is 11.9 Å². The largest absolute Gasteiger partial charge is 0.497 e. The predicted octanol–water partition coefficient (Wildman–Crippen LogP) is 5.05. The number of para-hydroxylation sites is 1. The van der Waals surface area contributed by atoms with Crippen LogP contribution in [-0.2, 0) is 12.8 Å². The first-order valence-electron chi connectivity index (χ1n) is 11.8. The van der Waals surface area contributed by atoms with Gasteiger partial charge in [-0.05, 0) is 73.2 Å². The van der Waals surface area contributed by atoms with Crippen molar-refractivity contribution in [3.8, 4) is 11.5 Å². The summed E-state index contributed by atoms with van der Waals surface area (Å²) >= 11 is 0. The summed E-state index contributed by atoms with van der Waals surface area (Å²) in [7, 11) is 3.22. The average molecular weight is 474 g/mol. The van der Waals surface area contributed by atoms with E-state index >= 15 is 0 Å². The molecule has 7 heteroatoms. The molecule has 1 heterocycles. The van der Waals surface area contributed by atoms with Crippen LogP contribution >= 0.6 is 0 Å². The Labute approximate surface area is 206 Å². The van der Waals surface area contributed by atoms with Crippen LogP contribution < -0.4 is 25.0 Å². The second-order valence-electron chi connectivity index (χ2n) is 8.43. The van der Waals surface area contributed by atoms with Crippen LogP contribution in [0.25, 0.3) is 0 Å². The molecule has 0 fully saturated rings. The number of benzene rings is 3. The molecule has 0 aromatic heterocycles. The zero-order valence-corrected chi connectivity index (χ0v) is 20.2. The fourth-order valence-electron chi connectivity index (χ4n) is 4.27. The number of urea groups is 1. The molecule has 0 spiro atoms. The van der Waals surface area contributed by atoms with E-state index in [4.69, 9.17) is 9.47 Å². The molecule has 3 aromatic rings. The lowest BCUT2D eigenvalue weighted by molar-refractivity contribution is 0.0954. The van der Waals surface area contributed by atoms with Crippen LogP contribution in [0.15, 0.2) is 66.7 Å². The predicted molar refractivity (Wildman–Crippen MR) is 138 cm³/mol. The third kappa shape index (κ3) is 5.93. The number of ether oxygens (including phenoxy) is 2. The van der Waals surface area contributed by atoms with E-state index in [0.29, 0.717) is 30.8 Å². The Balaban J connectivity index is 1.33. The maximum absolute atomic E-state index is 13.0. The van der Waals surface area contributed by atoms with Gasteiger partial charge in [0.25, 0.3) is 5.91 Å². The van der Waals surface area contributed by atoms with Crippen molar-refractivity contribution in [3.63, 3.8) is 0 Å². The minimum atomic E-state index is -0.170. The number of methoxy groups -OCH3 is 2. The molecule has 35 heavy (non-hydrogen) atoms. The Kier molecular flexibility index (Phi) is 7.88. The zero-order chi connectivity index (χ0) is 24.6. The number of anilines is 2. The van der Waals surface area contributed by atoms with Gasteiger partial charge in [0.2, 0.25) is 0 Å². The Morgan fingerprint density at radius 1 is 0.943 bits per heavy atom. The summed E-state index contributed by atoms with van der Waals surface area (Å²) in [5.74, 6) is 1.28. The number of rotatable bonds is 7. The smallest absolute Gasteiger partial charge is 0.326 e. The molecule has 7 nitrogen and oxygen atoms in total. The molecule has 0 atom stereocenters. The molecule has 0 unspecified atom stereocenters. The van der Waals surface area contributed by atoms with Gasteiger partial charge in [-0.1, -0.05) is 24.3 Å². The van der Waals surface area contributed by atoms with Crippen molar-refractivity contribution in [3.05, 3.63) is 83.4 Å². The van der Waals surface area contributed by atoms with Crippen LogP contribution in [0.2, 0.25) is 0 Å². The standard InChI is InChI=1S/C28H31N3O4/c1-34-24-15-12-21(26(19-24)35-2)16-17-29-27(32)22-10-13-23(14-11-22)30-28(33)31-18-6-5-8-20-7-3-4-9-25(20)31/h3-4,7,9-15,19H,5-6,8,16-18H2,1-2H3,(H,29,32)(H,30,33). The van der Waals surface area contributed by atoms with Gasteiger partial charge in [0.1, 0.15) is 11.5 Å². The number of nitrogens with one attached hydrogen (secondary N) is 2. The van der Waals surface area contributed by atoms with Crippen LogP contribution in [0, 0.1) is 0 Å². The summed E-state index contributed by atoms with van der Waals surface area (Å²) in [6.07, 6.45) is 3.64. The highest BCUT2D eigenvalue weighted by Gasteiger charge is 2.21. The maximum atomic E-state index is 13.0. The second kappa shape index (κ2) is 11.4. The Hall–Kier alpha value is -4.00. The van der Waals surface area contributed by atoms with Crippen molar-refractivity contribution in [1.82, 2.24) is 5.32 Å². The summed E-state index contributed by atoms with van der Waals surface area (Å²) in [6.45, 7) is 1.15. The van der Waals surface area contributed by atoms with Crippen LogP contribution in [0.3, 0.4) is 0 Å². The van der Waals surface area contributed by atoms with Gasteiger partial charge in [-0.2, -0.15) is 0 Å². The Morgan fingerprint density at radius 3 is 2.51 bits per heavy atom. The van der Waals surface area contributed by atoms with Crippen LogP contribution in [0.1, 0.15) is 34.3 Å². The van der Waals surface area contributed by atoms with Gasteiger partial charge in [-0.25, -0.2) is 4.79 Å². The SMILES string of the molecule is COc1ccc(CCNC(=O)c2ccc(NC(=O)N3CCCCc4ccccc43)cc2)c(OC)c1. The van der Waals surface area contributed by atoms with E-state index in [1.165, 1.54) is 5.56 Å². The topological polar surface area (TPSA) is 79.9 Å². The molecule has 3 aromatic carbocycles. The van der Waals surface area contributed by atoms with Gasteiger partial charge in [-0.15, -0.1) is 0 Å². The summed E-state index contributed by atoms with van der Waals surface area (Å²) in [5, 5.41) is 5.90. The molecule has 2 N–H and O–H groups in total. The first kappa shape index (κ1) is 24.1. The fourth-order valence-corrected chi connectivity index (χ4v) is 4.27. The highest BCUT2D eigenvalue weighted by Crippen LogP contribution is 2.27. The van der Waals surface area contributed by atoms with Crippen molar-refractivity contribution in [2.24, 2.45) is 0 Å². The van der Waals surface area contributed by atoms with E-state index < -0.39 is 0 Å². The summed E-state index contributed by atoms with van der Waals surface area (Å²) in [4.78, 5) is 27.4. The number of hydrogen-bond donors (Lipinski definition) is 2. The molecule has 182 valence electrons. The number of fused-ring (bicyclic) bond motifs is 1. The van der Waals surface area contributed by atoms with Crippen LogP contribution in [0.4, 0.5) is 16.2 Å². The minimum Gasteiger partial charge on any atom is -0.497 e. The third-order valence-corrected chi connectivity index (χ3v) is 6.18. The number of hydrogen-bond acceptors (Lipinski definition) is 4. The summed E-state index contributed by atoms with van der Waals surface area (Å²) in [6, 6.07) is 20.5. The number of nitrogens with zero attached hydrogens (tertiary/aromatic N) is 1. The Bertz CT molecular complexity index is 1180. The minimum absolute atomic E-state index is 0.162. The quantitative estimate of drug-likeness (QED) is 0.503. The summed E-state index contributed by atoms with van der Waals surface area (Å²) < 4.78 is 10.6. The van der Waals surface area contributed by atoms with Gasteiger partial charge >= 0.3 is 6.03 Å². The van der Waals surface area contributed by atoms with Crippen molar-refractivity contribution < 1.29 is 19.1 Å². The van der Waals surface area contributed by atoms with E-state index in [1.807, 2.05) is 36.4 Å². The fraction of sp³-hybridized carbons (Fsp3) is 0.286. The van der Waals surface area contributed by atoms with Gasteiger partial charge < -0.3 is 20.1 Å². The number of carbonyl (C=O) groups excluding carboxylic acids is 2. The lowest BCUT2D eigenvalue weighted by atomic mass is 10.1. The van der Waals surface area contributed by atoms with E-state index in [2.05, 4.69) is 16.7 Å². The van der Waals surface area contributed by atoms with Gasteiger partial charge in [-0.3, -0.25) is 9.69 Å². The molecule has 1 aliphatic rings. The molecular weight excluding hydrogens is 442 g/mol. The molecule has 0 saturated carbocycles. The normalized spacial score (nSPS) is 12.8. The van der Waals surface area contributed by atoms with Crippen LogP contribution in [-0.4, -0.2) is 39.2 Å². The second-order valence-corrected chi connectivity index (χ2v) is 8.43. The van der Waals surface area contributed by atoms with Crippen LogP contribution in [0.5, 0.6) is 11.5 Å². The summed E-state index contributed by atoms with van der Waals surface area (Å²) in [5.41, 5.74) is 4.33. The van der Waals surface area contributed by atoms with Crippen molar-refractivity contribution >= 4 is 23.3 Å². The molecule has 0 saturated heterocycles. The van der Waals surface area contributed by atoms with Crippen molar-refractivity contribution in [1.29, 1.82) is 0 Å².